The summed E-state index contributed by atoms with van der Waals surface area (Å²) in [6.07, 6.45) is 3.44. The van der Waals surface area contributed by atoms with E-state index in [-0.39, 0.29) is 24.1 Å². The number of pyridine rings is 1. The summed E-state index contributed by atoms with van der Waals surface area (Å²) in [6.45, 7) is 2.77. The Balaban J connectivity index is 1.28. The molecule has 0 radical (unpaired) electrons. The monoisotopic (exact) mass is 405 g/mol. The summed E-state index contributed by atoms with van der Waals surface area (Å²) in [5, 5.41) is 9.07. The van der Waals surface area contributed by atoms with Crippen molar-refractivity contribution in [1.82, 2.24) is 20.5 Å². The zero-order valence-corrected chi connectivity index (χ0v) is 16.5. The molecule has 0 saturated carbocycles. The molecule has 3 N–H and O–H groups in total. The molecule has 1 aromatic heterocycles. The van der Waals surface area contributed by atoms with Crippen LogP contribution >= 0.6 is 0 Å². The van der Waals surface area contributed by atoms with Crippen LogP contribution in [0.1, 0.15) is 45.6 Å². The second-order valence-electron chi connectivity index (χ2n) is 8.00. The van der Waals surface area contributed by atoms with Gasteiger partial charge in [-0.2, -0.15) is 0 Å². The highest BCUT2D eigenvalue weighted by Gasteiger charge is 2.39. The molecule has 30 heavy (non-hydrogen) atoms. The lowest BCUT2D eigenvalue weighted by Gasteiger charge is -2.29. The summed E-state index contributed by atoms with van der Waals surface area (Å²) in [5.41, 5.74) is 5.85. The number of imide groups is 1. The Bertz CT molecular complexity index is 1050. The van der Waals surface area contributed by atoms with Crippen molar-refractivity contribution in [2.75, 3.05) is 11.9 Å². The third kappa shape index (κ3) is 3.43. The van der Waals surface area contributed by atoms with E-state index in [0.29, 0.717) is 25.1 Å². The van der Waals surface area contributed by atoms with Crippen LogP contribution in [0, 0.1) is 0 Å². The van der Waals surface area contributed by atoms with E-state index in [9.17, 15) is 14.4 Å². The minimum atomic E-state index is -0.584. The van der Waals surface area contributed by atoms with Gasteiger partial charge < -0.3 is 15.5 Å². The van der Waals surface area contributed by atoms with Crippen LogP contribution in [0.5, 0.6) is 0 Å². The molecule has 0 spiro atoms. The zero-order valence-electron chi connectivity index (χ0n) is 16.5. The number of nitrogens with zero attached hydrogens (tertiary/aromatic N) is 2. The number of aromatic nitrogens is 1. The molecule has 1 unspecified atom stereocenters. The molecule has 8 nitrogen and oxygen atoms in total. The molecule has 0 bridgehead atoms. The standard InChI is InChI=1S/C22H23N5O3/c28-20-4-3-19(21(29)26-20)27-12-14-2-1-13(7-17(14)22(27)30)9-24-16-8-15-10-23-6-5-18(15)25-11-16/h1-2,7-8,11,19,23-24H,3-6,9-10,12H2,(H,26,28,29). The normalized spacial score (nSPS) is 20.6. The molecule has 3 aliphatic rings. The molecule has 1 atom stereocenters. The van der Waals surface area contributed by atoms with Gasteiger partial charge in [0.1, 0.15) is 6.04 Å². The smallest absolute Gasteiger partial charge is 0.255 e. The summed E-state index contributed by atoms with van der Waals surface area (Å²) in [4.78, 5) is 42.6. The lowest BCUT2D eigenvalue weighted by Crippen LogP contribution is -2.52. The van der Waals surface area contributed by atoms with Crippen LogP contribution < -0.4 is 16.0 Å². The highest BCUT2D eigenvalue weighted by atomic mass is 16.2. The highest BCUT2D eigenvalue weighted by Crippen LogP contribution is 2.28. The Morgan fingerprint density at radius 3 is 2.90 bits per heavy atom. The highest BCUT2D eigenvalue weighted by molar-refractivity contribution is 6.05. The minimum absolute atomic E-state index is 0.150. The average molecular weight is 405 g/mol. The third-order valence-electron chi connectivity index (χ3n) is 6.00. The molecule has 3 amide bonds. The predicted molar refractivity (Wildman–Crippen MR) is 109 cm³/mol. The number of nitrogens with one attached hydrogen (secondary N) is 3. The molecule has 154 valence electrons. The largest absolute Gasteiger partial charge is 0.380 e. The zero-order chi connectivity index (χ0) is 20.7. The first-order chi connectivity index (χ1) is 14.6. The molecular weight excluding hydrogens is 382 g/mol. The van der Waals surface area contributed by atoms with Crippen LogP contribution in [0.3, 0.4) is 0 Å². The first-order valence-corrected chi connectivity index (χ1v) is 10.3. The van der Waals surface area contributed by atoms with Gasteiger partial charge in [0, 0.05) is 50.3 Å². The minimum Gasteiger partial charge on any atom is -0.380 e. The summed E-state index contributed by atoms with van der Waals surface area (Å²) in [5.74, 6) is -0.812. The van der Waals surface area contributed by atoms with E-state index < -0.39 is 6.04 Å². The Hall–Kier alpha value is -3.26. The Kier molecular flexibility index (Phi) is 4.71. The first kappa shape index (κ1) is 18.7. The van der Waals surface area contributed by atoms with Crippen molar-refractivity contribution in [3.8, 4) is 0 Å². The maximum atomic E-state index is 12.9. The maximum Gasteiger partial charge on any atom is 0.255 e. The van der Waals surface area contributed by atoms with Gasteiger partial charge in [-0.3, -0.25) is 24.7 Å². The molecule has 1 fully saturated rings. The van der Waals surface area contributed by atoms with Gasteiger partial charge in [0.05, 0.1) is 11.9 Å². The van der Waals surface area contributed by atoms with Crippen LogP contribution in [0.25, 0.3) is 0 Å². The molecule has 1 saturated heterocycles. The molecule has 5 rings (SSSR count). The quantitative estimate of drug-likeness (QED) is 0.659. The van der Waals surface area contributed by atoms with Gasteiger partial charge in [-0.15, -0.1) is 0 Å². The molecule has 8 heteroatoms. The van der Waals surface area contributed by atoms with Gasteiger partial charge in [-0.05, 0) is 35.2 Å². The number of benzene rings is 1. The number of carbonyl (C=O) groups is 3. The van der Waals surface area contributed by atoms with Gasteiger partial charge in [0.15, 0.2) is 0 Å². The van der Waals surface area contributed by atoms with Gasteiger partial charge >= 0.3 is 0 Å². The molecule has 1 aromatic carbocycles. The van der Waals surface area contributed by atoms with Gasteiger partial charge in [0.2, 0.25) is 11.8 Å². The van der Waals surface area contributed by atoms with E-state index in [0.717, 1.165) is 42.0 Å². The lowest BCUT2D eigenvalue weighted by molar-refractivity contribution is -0.136. The van der Waals surface area contributed by atoms with E-state index in [1.165, 1.54) is 5.56 Å². The number of rotatable bonds is 4. The van der Waals surface area contributed by atoms with Crippen molar-refractivity contribution in [2.24, 2.45) is 0 Å². The average Bonchev–Trinajstić information content (AvgIpc) is 3.08. The second kappa shape index (κ2) is 7.53. The van der Waals surface area contributed by atoms with Crippen LogP contribution in [0.15, 0.2) is 30.5 Å². The molecule has 3 aliphatic heterocycles. The van der Waals surface area contributed by atoms with Crippen LogP contribution in [-0.4, -0.2) is 40.2 Å². The number of anilines is 1. The van der Waals surface area contributed by atoms with Gasteiger partial charge in [-0.1, -0.05) is 12.1 Å². The van der Waals surface area contributed by atoms with Gasteiger partial charge in [-0.25, -0.2) is 0 Å². The van der Waals surface area contributed by atoms with Crippen LogP contribution in [0.4, 0.5) is 5.69 Å². The van der Waals surface area contributed by atoms with E-state index in [1.54, 1.807) is 4.90 Å². The summed E-state index contributed by atoms with van der Waals surface area (Å²) >= 11 is 0. The number of hydrogen-bond donors (Lipinski definition) is 3. The van der Waals surface area contributed by atoms with Crippen LogP contribution in [-0.2, 0) is 35.6 Å². The predicted octanol–water partition coefficient (Wildman–Crippen LogP) is 1.10. The van der Waals surface area contributed by atoms with Gasteiger partial charge in [0.25, 0.3) is 5.91 Å². The molecule has 4 heterocycles. The van der Waals surface area contributed by atoms with Crippen molar-refractivity contribution in [3.63, 3.8) is 0 Å². The van der Waals surface area contributed by atoms with Crippen molar-refractivity contribution in [3.05, 3.63) is 58.4 Å². The van der Waals surface area contributed by atoms with Crippen molar-refractivity contribution < 1.29 is 14.4 Å². The topological polar surface area (TPSA) is 103 Å². The Labute approximate surface area is 174 Å². The summed E-state index contributed by atoms with van der Waals surface area (Å²) < 4.78 is 0. The number of hydrogen-bond acceptors (Lipinski definition) is 6. The van der Waals surface area contributed by atoms with E-state index in [1.807, 2.05) is 24.4 Å². The number of carbonyl (C=O) groups excluding carboxylic acids is 3. The fourth-order valence-electron chi connectivity index (χ4n) is 4.36. The van der Waals surface area contributed by atoms with E-state index in [4.69, 9.17) is 0 Å². The Morgan fingerprint density at radius 2 is 2.03 bits per heavy atom. The van der Waals surface area contributed by atoms with Crippen molar-refractivity contribution in [2.45, 2.75) is 44.9 Å². The van der Waals surface area contributed by atoms with E-state index >= 15 is 0 Å². The molecular formula is C22H23N5O3. The van der Waals surface area contributed by atoms with Crippen molar-refractivity contribution >= 4 is 23.4 Å². The van der Waals surface area contributed by atoms with Crippen LogP contribution in [0.2, 0.25) is 0 Å². The number of piperidine rings is 1. The van der Waals surface area contributed by atoms with E-state index in [2.05, 4.69) is 27.0 Å². The summed E-state index contributed by atoms with van der Waals surface area (Å²) in [7, 11) is 0. The molecule has 0 aliphatic carbocycles. The third-order valence-corrected chi connectivity index (χ3v) is 6.00. The van der Waals surface area contributed by atoms with Crippen molar-refractivity contribution in [1.29, 1.82) is 0 Å². The summed E-state index contributed by atoms with van der Waals surface area (Å²) in [6, 6.07) is 7.38. The second-order valence-corrected chi connectivity index (χ2v) is 8.00. The first-order valence-electron chi connectivity index (χ1n) is 10.3. The number of amides is 3. The molecule has 2 aromatic rings. The lowest BCUT2D eigenvalue weighted by atomic mass is 10.0. The maximum absolute atomic E-state index is 12.9. The SMILES string of the molecule is O=C1CCC(N2Cc3ccc(CNc4cnc5c(c4)CNCC5)cc3C2=O)C(=O)N1. The fraction of sp³-hybridized carbons (Fsp3) is 0.364. The Morgan fingerprint density at radius 1 is 1.13 bits per heavy atom. The fourth-order valence-corrected chi connectivity index (χ4v) is 4.36. The number of fused-ring (bicyclic) bond motifs is 2.